The molecule has 0 saturated heterocycles. The number of carbonyl (C=O) groups excluding carboxylic acids is 2. The Balaban J connectivity index is 2.05. The molecule has 2 rings (SSSR count). The van der Waals surface area contributed by atoms with Crippen LogP contribution in [0.4, 0.5) is 5.69 Å². The van der Waals surface area contributed by atoms with Gasteiger partial charge in [-0.3, -0.25) is 30.2 Å². The summed E-state index contributed by atoms with van der Waals surface area (Å²) >= 11 is 0. The van der Waals surface area contributed by atoms with E-state index in [0.717, 1.165) is 35.9 Å². The Bertz CT molecular complexity index is 738. The van der Waals surface area contributed by atoms with Gasteiger partial charge in [0.1, 0.15) is 0 Å². The molecule has 0 radical (unpaired) electrons. The molecule has 140 valence electrons. The maximum atomic E-state index is 12.6. The van der Waals surface area contributed by atoms with Crippen molar-refractivity contribution in [3.63, 3.8) is 0 Å². The van der Waals surface area contributed by atoms with E-state index in [2.05, 4.69) is 17.3 Å². The van der Waals surface area contributed by atoms with Gasteiger partial charge in [0.25, 0.3) is 0 Å². The zero-order valence-electron chi connectivity index (χ0n) is 15.3. The third-order valence-corrected chi connectivity index (χ3v) is 4.31. The van der Waals surface area contributed by atoms with Crippen molar-refractivity contribution in [3.05, 3.63) is 36.5 Å². The zero-order chi connectivity index (χ0) is 18.9. The molecule has 1 aromatic heterocycles. The molecule has 0 bridgehead atoms. The number of rotatable bonds is 10. The Labute approximate surface area is 153 Å². The van der Waals surface area contributed by atoms with Crippen molar-refractivity contribution in [2.24, 2.45) is 5.92 Å². The second-order valence-corrected chi connectivity index (χ2v) is 6.34. The first kappa shape index (κ1) is 19.7. The average Bonchev–Trinajstić information content (AvgIpc) is 2.66. The highest BCUT2D eigenvalue weighted by Crippen LogP contribution is 2.19. The van der Waals surface area contributed by atoms with Gasteiger partial charge in [-0.2, -0.15) is 0 Å². The number of carbonyl (C=O) groups is 2. The first-order valence-corrected chi connectivity index (χ1v) is 8.85. The number of hydrogen-bond acceptors (Lipinski definition) is 5. The van der Waals surface area contributed by atoms with E-state index >= 15 is 0 Å². The van der Waals surface area contributed by atoms with Crippen LogP contribution in [-0.4, -0.2) is 41.2 Å². The Kier molecular flexibility index (Phi) is 7.35. The molecule has 1 atom stereocenters. The maximum Gasteiger partial charge on any atom is 0.243 e. The lowest BCUT2D eigenvalue weighted by atomic mass is 10.0. The molecule has 7 heteroatoms. The van der Waals surface area contributed by atoms with E-state index in [1.165, 1.54) is 0 Å². The molecule has 26 heavy (non-hydrogen) atoms. The number of anilines is 1. The summed E-state index contributed by atoms with van der Waals surface area (Å²) in [4.78, 5) is 27.6. The lowest BCUT2D eigenvalue weighted by Gasteiger charge is -2.25. The van der Waals surface area contributed by atoms with Crippen LogP contribution in [0.3, 0.4) is 0 Å². The fourth-order valence-electron chi connectivity index (χ4n) is 2.81. The Morgan fingerprint density at radius 1 is 1.35 bits per heavy atom. The van der Waals surface area contributed by atoms with E-state index in [1.807, 2.05) is 30.3 Å². The predicted molar refractivity (Wildman–Crippen MR) is 100 cm³/mol. The number of fused-ring (bicyclic) bond motifs is 1. The van der Waals surface area contributed by atoms with Gasteiger partial charge >= 0.3 is 0 Å². The molecule has 1 heterocycles. The summed E-state index contributed by atoms with van der Waals surface area (Å²) in [6.45, 7) is 2.07. The Morgan fingerprint density at radius 3 is 2.88 bits per heavy atom. The van der Waals surface area contributed by atoms with Crippen molar-refractivity contribution in [2.45, 2.75) is 32.6 Å². The predicted octanol–water partition coefficient (Wildman–Crippen LogP) is 2.75. The highest BCUT2D eigenvalue weighted by Gasteiger charge is 2.22. The van der Waals surface area contributed by atoms with Crippen molar-refractivity contribution < 1.29 is 14.8 Å². The van der Waals surface area contributed by atoms with Crippen LogP contribution < -0.4 is 10.4 Å². The molecule has 0 unspecified atom stereocenters. The van der Waals surface area contributed by atoms with Gasteiger partial charge in [0.15, 0.2) is 0 Å². The quantitative estimate of drug-likeness (QED) is 0.295. The molecular formula is C19H26N4O3. The molecule has 2 N–H and O–H groups in total. The first-order valence-electron chi connectivity index (χ1n) is 8.85. The minimum atomic E-state index is -0.471. The summed E-state index contributed by atoms with van der Waals surface area (Å²) in [6.07, 6.45) is 5.58. The maximum absolute atomic E-state index is 12.6. The summed E-state index contributed by atoms with van der Waals surface area (Å²) in [5.74, 6) is -0.697. The molecule has 0 aliphatic rings. The molecule has 0 aliphatic carbocycles. The number of hydrazine groups is 1. The number of benzene rings is 1. The molecular weight excluding hydrogens is 332 g/mol. The van der Waals surface area contributed by atoms with E-state index in [1.54, 1.807) is 18.3 Å². The van der Waals surface area contributed by atoms with E-state index in [9.17, 15) is 14.8 Å². The summed E-state index contributed by atoms with van der Waals surface area (Å²) < 4.78 is 0. The van der Waals surface area contributed by atoms with Gasteiger partial charge in [-0.25, -0.2) is 5.06 Å². The largest absolute Gasteiger partial charge is 0.289 e. The van der Waals surface area contributed by atoms with E-state index < -0.39 is 5.92 Å². The molecule has 0 spiro atoms. The van der Waals surface area contributed by atoms with Gasteiger partial charge in [0, 0.05) is 18.6 Å². The summed E-state index contributed by atoms with van der Waals surface area (Å²) in [5.41, 5.74) is 4.54. The molecule has 2 amide bonds. The van der Waals surface area contributed by atoms with Crippen LogP contribution in [0.15, 0.2) is 36.5 Å². The number of nitrogens with zero attached hydrogens (tertiary/aromatic N) is 3. The van der Waals surface area contributed by atoms with E-state index in [4.69, 9.17) is 0 Å². The second kappa shape index (κ2) is 9.72. The number of pyridine rings is 1. The van der Waals surface area contributed by atoms with Crippen molar-refractivity contribution in [1.82, 2.24) is 15.5 Å². The molecule has 1 aromatic carbocycles. The number of unbranched alkanes of at least 4 members (excludes halogenated alkanes) is 2. The van der Waals surface area contributed by atoms with Gasteiger partial charge in [-0.05, 0) is 30.7 Å². The van der Waals surface area contributed by atoms with E-state index in [0.29, 0.717) is 17.9 Å². The Morgan fingerprint density at radius 2 is 2.15 bits per heavy atom. The van der Waals surface area contributed by atoms with Crippen LogP contribution in [0.25, 0.3) is 10.9 Å². The summed E-state index contributed by atoms with van der Waals surface area (Å²) in [5, 5.41) is 12.6. The van der Waals surface area contributed by atoms with Crippen molar-refractivity contribution >= 4 is 28.9 Å². The van der Waals surface area contributed by atoms with E-state index in [-0.39, 0.29) is 12.5 Å². The lowest BCUT2D eigenvalue weighted by Crippen LogP contribution is -2.45. The molecule has 2 aromatic rings. The van der Waals surface area contributed by atoms with Crippen LogP contribution in [-0.2, 0) is 9.59 Å². The van der Waals surface area contributed by atoms with Crippen molar-refractivity contribution in [1.29, 1.82) is 0 Å². The third kappa shape index (κ3) is 5.42. The van der Waals surface area contributed by atoms with Crippen LogP contribution in [0.2, 0.25) is 0 Å². The number of aromatic nitrogens is 1. The highest BCUT2D eigenvalue weighted by molar-refractivity contribution is 5.84. The number of hydroxylamine groups is 2. The molecule has 7 nitrogen and oxygen atoms in total. The normalized spacial score (nSPS) is 11.8. The summed E-state index contributed by atoms with van der Waals surface area (Å²) in [7, 11) is 1.76. The van der Waals surface area contributed by atoms with Crippen LogP contribution >= 0.6 is 0 Å². The first-order chi connectivity index (χ1) is 12.5. The second-order valence-electron chi connectivity index (χ2n) is 6.34. The molecule has 0 saturated carbocycles. The van der Waals surface area contributed by atoms with Crippen LogP contribution in [0.5, 0.6) is 0 Å². The minimum Gasteiger partial charge on any atom is -0.289 e. The SMILES string of the molecule is CCCCC[C@H](CN(O)C=O)C(=O)NN(C)c1ccc2ncccc2c1. The Hall–Kier alpha value is -2.67. The highest BCUT2D eigenvalue weighted by atomic mass is 16.5. The average molecular weight is 358 g/mol. The monoisotopic (exact) mass is 358 g/mol. The number of hydrogen-bond donors (Lipinski definition) is 2. The van der Waals surface area contributed by atoms with Gasteiger partial charge in [0.05, 0.1) is 23.7 Å². The fourth-order valence-corrected chi connectivity index (χ4v) is 2.81. The van der Waals surface area contributed by atoms with Crippen molar-refractivity contribution in [2.75, 3.05) is 18.6 Å². The summed E-state index contributed by atoms with van der Waals surface area (Å²) in [6, 6.07) is 9.55. The standard InChI is InChI=1S/C19H26N4O3/c1-3-4-5-7-16(13-23(26)14-24)19(25)21-22(2)17-9-10-18-15(12-17)8-6-11-20-18/h6,8-12,14,16,26H,3-5,7,13H2,1-2H3,(H,21,25)/t16-/m1/s1. The van der Waals surface area contributed by atoms with Gasteiger partial charge in [-0.1, -0.05) is 32.3 Å². The minimum absolute atomic E-state index is 0.0193. The lowest BCUT2D eigenvalue weighted by molar-refractivity contribution is -0.154. The fraction of sp³-hybridized carbons (Fsp3) is 0.421. The third-order valence-electron chi connectivity index (χ3n) is 4.31. The van der Waals surface area contributed by atoms with Gasteiger partial charge in [0.2, 0.25) is 12.3 Å². The van der Waals surface area contributed by atoms with Crippen molar-refractivity contribution in [3.8, 4) is 0 Å². The zero-order valence-corrected chi connectivity index (χ0v) is 15.3. The topological polar surface area (TPSA) is 85.8 Å². The number of nitrogens with one attached hydrogen (secondary N) is 1. The smallest absolute Gasteiger partial charge is 0.243 e. The van der Waals surface area contributed by atoms with Crippen LogP contribution in [0.1, 0.15) is 32.6 Å². The molecule has 0 fully saturated rings. The van der Waals surface area contributed by atoms with Gasteiger partial charge < -0.3 is 0 Å². The molecule has 0 aliphatic heterocycles. The number of amides is 2. The van der Waals surface area contributed by atoms with Gasteiger partial charge in [-0.15, -0.1) is 0 Å². The van der Waals surface area contributed by atoms with Crippen LogP contribution in [0, 0.1) is 5.92 Å².